The Morgan fingerprint density at radius 3 is 2.89 bits per heavy atom. The molecule has 1 aliphatic carbocycles. The number of hydrogen-bond donors (Lipinski definition) is 1. The third-order valence-electron chi connectivity index (χ3n) is 3.94. The van der Waals surface area contributed by atoms with Crippen molar-refractivity contribution < 1.29 is 4.74 Å². The van der Waals surface area contributed by atoms with E-state index in [4.69, 9.17) is 4.74 Å². The van der Waals surface area contributed by atoms with Crippen molar-refractivity contribution in [1.29, 1.82) is 5.26 Å². The summed E-state index contributed by atoms with van der Waals surface area (Å²) in [6.45, 7) is 0.680. The van der Waals surface area contributed by atoms with Crippen molar-refractivity contribution >= 4 is 0 Å². The molecule has 1 fully saturated rings. The average molecular weight is 244 g/mol. The molecule has 3 nitrogen and oxygen atoms in total. The van der Waals surface area contributed by atoms with Gasteiger partial charge in [0.1, 0.15) is 11.3 Å². The van der Waals surface area contributed by atoms with E-state index < -0.39 is 0 Å². The van der Waals surface area contributed by atoms with Crippen LogP contribution in [0.25, 0.3) is 0 Å². The van der Waals surface area contributed by atoms with Crippen molar-refractivity contribution in [1.82, 2.24) is 5.32 Å². The van der Waals surface area contributed by atoms with Crippen LogP contribution in [0.15, 0.2) is 30.3 Å². The van der Waals surface area contributed by atoms with Crippen LogP contribution in [0.5, 0.6) is 5.75 Å². The van der Waals surface area contributed by atoms with Crippen LogP contribution in [-0.4, -0.2) is 19.2 Å². The summed E-state index contributed by atoms with van der Waals surface area (Å²) in [5.41, 5.74) is -0.333. The third-order valence-corrected chi connectivity index (χ3v) is 3.94. The second-order valence-electron chi connectivity index (χ2n) is 4.87. The molecule has 2 unspecified atom stereocenters. The number of nitrogens with one attached hydrogen (secondary N) is 1. The van der Waals surface area contributed by atoms with E-state index in [1.54, 1.807) is 0 Å². The first-order valence-corrected chi connectivity index (χ1v) is 6.59. The van der Waals surface area contributed by atoms with Gasteiger partial charge in [0.05, 0.1) is 12.7 Å². The van der Waals surface area contributed by atoms with Crippen LogP contribution in [0.4, 0.5) is 0 Å². The molecule has 0 radical (unpaired) electrons. The van der Waals surface area contributed by atoms with Crippen LogP contribution >= 0.6 is 0 Å². The average Bonchev–Trinajstić information content (AvgIpc) is 2.84. The van der Waals surface area contributed by atoms with Crippen molar-refractivity contribution in [3.05, 3.63) is 30.3 Å². The zero-order chi connectivity index (χ0) is 12.8. The van der Waals surface area contributed by atoms with E-state index >= 15 is 0 Å². The smallest absolute Gasteiger partial charge is 0.119 e. The summed E-state index contributed by atoms with van der Waals surface area (Å²) in [7, 11) is 1.89. The van der Waals surface area contributed by atoms with E-state index in [-0.39, 0.29) is 5.54 Å². The largest absolute Gasteiger partial charge is 0.494 e. The van der Waals surface area contributed by atoms with Gasteiger partial charge in [-0.15, -0.1) is 0 Å². The minimum Gasteiger partial charge on any atom is -0.494 e. The third kappa shape index (κ3) is 2.65. The zero-order valence-electron chi connectivity index (χ0n) is 10.9. The van der Waals surface area contributed by atoms with Crippen LogP contribution in [0.3, 0.4) is 0 Å². The number of hydrogen-bond acceptors (Lipinski definition) is 3. The van der Waals surface area contributed by atoms with Crippen LogP contribution in [0, 0.1) is 17.2 Å². The number of nitrogens with zero attached hydrogens (tertiary/aromatic N) is 1. The fraction of sp³-hybridized carbons (Fsp3) is 0.533. The highest BCUT2D eigenvalue weighted by molar-refractivity contribution is 5.21. The number of benzene rings is 1. The summed E-state index contributed by atoms with van der Waals surface area (Å²) in [6, 6.07) is 12.3. The lowest BCUT2D eigenvalue weighted by atomic mass is 9.86. The summed E-state index contributed by atoms with van der Waals surface area (Å²) in [5, 5.41) is 12.6. The molecule has 1 saturated carbocycles. The van der Waals surface area contributed by atoms with Gasteiger partial charge in [-0.3, -0.25) is 0 Å². The first-order valence-electron chi connectivity index (χ1n) is 6.59. The summed E-state index contributed by atoms with van der Waals surface area (Å²) in [6.07, 6.45) is 4.14. The van der Waals surface area contributed by atoms with Gasteiger partial charge in [0.15, 0.2) is 0 Å². The molecule has 0 spiro atoms. The molecule has 1 aromatic rings. The molecule has 0 aromatic heterocycles. The maximum absolute atomic E-state index is 9.35. The van der Waals surface area contributed by atoms with Crippen LogP contribution in [0.1, 0.15) is 25.7 Å². The van der Waals surface area contributed by atoms with Crippen molar-refractivity contribution in [2.45, 2.75) is 31.2 Å². The van der Waals surface area contributed by atoms with E-state index in [0.29, 0.717) is 12.5 Å². The molecule has 0 aliphatic heterocycles. The highest BCUT2D eigenvalue weighted by Gasteiger charge is 2.41. The molecule has 1 N–H and O–H groups in total. The summed E-state index contributed by atoms with van der Waals surface area (Å²) in [5.74, 6) is 1.30. The van der Waals surface area contributed by atoms with Gasteiger partial charge in [-0.2, -0.15) is 5.26 Å². The fourth-order valence-corrected chi connectivity index (χ4v) is 2.84. The molecule has 2 atom stereocenters. The Labute approximate surface area is 109 Å². The molecule has 18 heavy (non-hydrogen) atoms. The van der Waals surface area contributed by atoms with E-state index in [1.165, 1.54) is 0 Å². The number of rotatable bonds is 5. The minimum absolute atomic E-state index is 0.333. The fourth-order valence-electron chi connectivity index (χ4n) is 2.84. The lowest BCUT2D eigenvalue weighted by Crippen LogP contribution is -2.45. The molecule has 0 bridgehead atoms. The van der Waals surface area contributed by atoms with Crippen molar-refractivity contribution in [2.24, 2.45) is 5.92 Å². The monoisotopic (exact) mass is 244 g/mol. The maximum Gasteiger partial charge on any atom is 0.119 e. The second-order valence-corrected chi connectivity index (χ2v) is 4.87. The molecule has 2 rings (SSSR count). The SMILES string of the molecule is CNC1(C#N)CCCC1CCOc1ccccc1. The predicted octanol–water partition coefficient (Wildman–Crippen LogP) is 2.74. The molecular weight excluding hydrogens is 224 g/mol. The molecular formula is C15H20N2O. The Bertz CT molecular complexity index is 412. The topological polar surface area (TPSA) is 45.0 Å². The lowest BCUT2D eigenvalue weighted by Gasteiger charge is -2.28. The summed E-state index contributed by atoms with van der Waals surface area (Å²) < 4.78 is 5.71. The van der Waals surface area contributed by atoms with Gasteiger partial charge in [0.25, 0.3) is 0 Å². The normalized spacial score (nSPS) is 26.8. The van der Waals surface area contributed by atoms with Gasteiger partial charge in [0.2, 0.25) is 0 Å². The van der Waals surface area contributed by atoms with Gasteiger partial charge in [-0.1, -0.05) is 24.6 Å². The van der Waals surface area contributed by atoms with Gasteiger partial charge in [-0.05, 0) is 44.4 Å². The standard InChI is InChI=1S/C15H20N2O/c1-17-15(12-16)10-5-6-13(15)9-11-18-14-7-3-2-4-8-14/h2-4,7-8,13,17H,5-6,9-11H2,1H3. The van der Waals surface area contributed by atoms with Gasteiger partial charge >= 0.3 is 0 Å². The Kier molecular flexibility index (Phi) is 4.22. The Hall–Kier alpha value is -1.53. The second kappa shape index (κ2) is 5.88. The number of nitriles is 1. The highest BCUT2D eigenvalue weighted by atomic mass is 16.5. The highest BCUT2D eigenvalue weighted by Crippen LogP contribution is 2.37. The minimum atomic E-state index is -0.333. The molecule has 1 aliphatic rings. The maximum atomic E-state index is 9.35. The van der Waals surface area contributed by atoms with Crippen LogP contribution < -0.4 is 10.1 Å². The van der Waals surface area contributed by atoms with E-state index in [1.807, 2.05) is 37.4 Å². The predicted molar refractivity (Wildman–Crippen MR) is 71.3 cm³/mol. The Morgan fingerprint density at radius 2 is 2.22 bits per heavy atom. The van der Waals surface area contributed by atoms with Gasteiger partial charge in [-0.25, -0.2) is 0 Å². The number of para-hydroxylation sites is 1. The number of ether oxygens (including phenoxy) is 1. The van der Waals surface area contributed by atoms with Crippen molar-refractivity contribution in [2.75, 3.05) is 13.7 Å². The van der Waals surface area contributed by atoms with E-state index in [0.717, 1.165) is 31.4 Å². The molecule has 0 saturated heterocycles. The molecule has 3 heteroatoms. The van der Waals surface area contributed by atoms with Crippen molar-refractivity contribution in [3.63, 3.8) is 0 Å². The quantitative estimate of drug-likeness (QED) is 0.866. The zero-order valence-corrected chi connectivity index (χ0v) is 10.9. The molecule has 96 valence electrons. The van der Waals surface area contributed by atoms with Crippen LogP contribution in [0.2, 0.25) is 0 Å². The van der Waals surface area contributed by atoms with Gasteiger partial charge in [0, 0.05) is 0 Å². The lowest BCUT2D eigenvalue weighted by molar-refractivity contribution is 0.239. The Balaban J connectivity index is 1.85. The summed E-state index contributed by atoms with van der Waals surface area (Å²) in [4.78, 5) is 0. The van der Waals surface area contributed by atoms with E-state index in [2.05, 4.69) is 11.4 Å². The molecule has 0 amide bonds. The van der Waals surface area contributed by atoms with E-state index in [9.17, 15) is 5.26 Å². The first-order chi connectivity index (χ1) is 8.80. The summed E-state index contributed by atoms with van der Waals surface area (Å²) >= 11 is 0. The Morgan fingerprint density at radius 1 is 1.44 bits per heavy atom. The van der Waals surface area contributed by atoms with Gasteiger partial charge < -0.3 is 10.1 Å². The molecule has 1 aromatic carbocycles. The van der Waals surface area contributed by atoms with Crippen molar-refractivity contribution in [3.8, 4) is 11.8 Å². The first kappa shape index (κ1) is 12.9. The molecule has 0 heterocycles. The van der Waals surface area contributed by atoms with Crippen LogP contribution in [-0.2, 0) is 0 Å².